The highest BCUT2D eigenvalue weighted by atomic mass is 32.2. The summed E-state index contributed by atoms with van der Waals surface area (Å²) in [4.78, 5) is 26.1. The molecule has 0 aliphatic heterocycles. The van der Waals surface area contributed by atoms with Gasteiger partial charge in [-0.15, -0.1) is 0 Å². The Balaban J connectivity index is 1.52. The number of hydrogen-bond donors (Lipinski definition) is 2. The Labute approximate surface area is 247 Å². The number of hydrogen-bond acceptors (Lipinski definition) is 5. The van der Waals surface area contributed by atoms with E-state index >= 15 is 0 Å². The van der Waals surface area contributed by atoms with E-state index in [4.69, 9.17) is 4.74 Å². The van der Waals surface area contributed by atoms with Gasteiger partial charge in [0, 0.05) is 23.0 Å². The van der Waals surface area contributed by atoms with Crippen LogP contribution in [0.5, 0.6) is 5.75 Å². The van der Waals surface area contributed by atoms with Gasteiger partial charge in [-0.05, 0) is 72.5 Å². The van der Waals surface area contributed by atoms with Crippen molar-refractivity contribution in [2.75, 3.05) is 28.6 Å². The summed E-state index contributed by atoms with van der Waals surface area (Å²) in [5.41, 5.74) is 3.68. The van der Waals surface area contributed by atoms with Gasteiger partial charge in [0.25, 0.3) is 15.9 Å². The second-order valence-corrected chi connectivity index (χ2v) is 12.8. The molecule has 0 saturated carbocycles. The summed E-state index contributed by atoms with van der Waals surface area (Å²) >= 11 is 0. The molecule has 0 saturated heterocycles. The molecule has 4 rings (SSSR count). The highest BCUT2D eigenvalue weighted by Gasteiger charge is 2.27. The molecule has 0 bridgehead atoms. The number of carbonyl (C=O) groups excluding carboxylic acids is 2. The number of methoxy groups -OCH3 is 1. The fraction of sp³-hybridized carbons (Fsp3) is 0.212. The van der Waals surface area contributed by atoms with Gasteiger partial charge in [-0.25, -0.2) is 8.42 Å². The fourth-order valence-corrected chi connectivity index (χ4v) is 5.66. The summed E-state index contributed by atoms with van der Waals surface area (Å²) in [6.07, 6.45) is 0. The molecule has 2 amide bonds. The molecule has 0 spiro atoms. The molecule has 0 aliphatic rings. The average molecular weight is 586 g/mol. The predicted octanol–water partition coefficient (Wildman–Crippen LogP) is 6.39. The molecular formula is C33H35N3O5S. The highest BCUT2D eigenvalue weighted by Crippen LogP contribution is 2.28. The standard InChI is InChI=1S/C33H35N3O5S/c1-23-12-18-30(19-13-23)42(39,40)36(28-10-7-11-29(21-28)41-5)22-31(37)34-26-8-6-9-27(20-26)35-32(38)24-14-16-25(17-15-24)33(2,3)4/h6-21H,22H2,1-5H3,(H,34,37)(H,35,38). The third-order valence-electron chi connectivity index (χ3n) is 6.65. The Bertz CT molecular complexity index is 1680. The Morgan fingerprint density at radius 1 is 0.810 bits per heavy atom. The van der Waals surface area contributed by atoms with Crippen LogP contribution >= 0.6 is 0 Å². The third-order valence-corrected chi connectivity index (χ3v) is 8.44. The summed E-state index contributed by atoms with van der Waals surface area (Å²) in [6, 6.07) is 27.1. The second kappa shape index (κ2) is 12.5. The molecule has 4 aromatic rings. The van der Waals surface area contributed by atoms with E-state index in [1.54, 1.807) is 72.8 Å². The van der Waals surface area contributed by atoms with Crippen molar-refractivity contribution in [2.24, 2.45) is 0 Å². The molecule has 8 nitrogen and oxygen atoms in total. The van der Waals surface area contributed by atoms with Gasteiger partial charge in [-0.2, -0.15) is 0 Å². The zero-order chi connectivity index (χ0) is 30.5. The van der Waals surface area contributed by atoms with E-state index in [-0.39, 0.29) is 21.9 Å². The van der Waals surface area contributed by atoms with Crippen molar-refractivity contribution < 1.29 is 22.7 Å². The highest BCUT2D eigenvalue weighted by molar-refractivity contribution is 7.92. The van der Waals surface area contributed by atoms with E-state index in [1.165, 1.54) is 19.2 Å². The number of ether oxygens (including phenoxy) is 1. The number of anilines is 3. The number of rotatable bonds is 9. The molecule has 0 aromatic heterocycles. The first kappa shape index (κ1) is 30.3. The first-order valence-corrected chi connectivity index (χ1v) is 14.9. The summed E-state index contributed by atoms with van der Waals surface area (Å²) in [5, 5.41) is 5.60. The topological polar surface area (TPSA) is 105 Å². The first-order chi connectivity index (χ1) is 19.9. The summed E-state index contributed by atoms with van der Waals surface area (Å²) < 4.78 is 33.7. The minimum absolute atomic E-state index is 0.0246. The van der Waals surface area contributed by atoms with Crippen LogP contribution in [-0.4, -0.2) is 33.9 Å². The zero-order valence-corrected chi connectivity index (χ0v) is 25.2. The molecule has 9 heteroatoms. The van der Waals surface area contributed by atoms with Crippen LogP contribution in [0.1, 0.15) is 42.3 Å². The van der Waals surface area contributed by atoms with E-state index in [9.17, 15) is 18.0 Å². The molecule has 4 aromatic carbocycles. The Kier molecular flexibility index (Phi) is 9.02. The quantitative estimate of drug-likeness (QED) is 0.237. The van der Waals surface area contributed by atoms with Gasteiger partial charge < -0.3 is 15.4 Å². The van der Waals surface area contributed by atoms with Crippen molar-refractivity contribution in [3.63, 3.8) is 0 Å². The number of aryl methyl sites for hydroxylation is 1. The lowest BCUT2D eigenvalue weighted by Gasteiger charge is -2.24. The van der Waals surface area contributed by atoms with Crippen LogP contribution < -0.4 is 19.7 Å². The Morgan fingerprint density at radius 3 is 2.05 bits per heavy atom. The molecule has 0 fully saturated rings. The fourth-order valence-electron chi connectivity index (χ4n) is 4.25. The Hall–Kier alpha value is -4.63. The Morgan fingerprint density at radius 2 is 1.43 bits per heavy atom. The van der Waals surface area contributed by atoms with Crippen LogP contribution in [0.15, 0.2) is 102 Å². The lowest BCUT2D eigenvalue weighted by Crippen LogP contribution is -2.38. The monoisotopic (exact) mass is 585 g/mol. The minimum Gasteiger partial charge on any atom is -0.497 e. The molecule has 42 heavy (non-hydrogen) atoms. The SMILES string of the molecule is COc1cccc(N(CC(=O)Nc2cccc(NC(=O)c3ccc(C(C)(C)C)cc3)c2)S(=O)(=O)c2ccc(C)cc2)c1. The van der Waals surface area contributed by atoms with E-state index in [2.05, 4.69) is 31.4 Å². The number of nitrogens with one attached hydrogen (secondary N) is 2. The minimum atomic E-state index is -4.09. The molecule has 0 heterocycles. The first-order valence-electron chi connectivity index (χ1n) is 13.4. The molecular weight excluding hydrogens is 550 g/mol. The number of amides is 2. The second-order valence-electron chi connectivity index (χ2n) is 10.9. The van der Waals surface area contributed by atoms with Crippen molar-refractivity contribution in [3.8, 4) is 5.75 Å². The van der Waals surface area contributed by atoms with Gasteiger partial charge in [0.15, 0.2) is 0 Å². The third kappa shape index (κ3) is 7.36. The van der Waals surface area contributed by atoms with Crippen LogP contribution in [0.25, 0.3) is 0 Å². The van der Waals surface area contributed by atoms with Crippen molar-refractivity contribution in [1.82, 2.24) is 0 Å². The van der Waals surface area contributed by atoms with Gasteiger partial charge in [0.05, 0.1) is 17.7 Å². The molecule has 0 aliphatic carbocycles. The normalized spacial score (nSPS) is 11.5. The maximum absolute atomic E-state index is 13.7. The average Bonchev–Trinajstić information content (AvgIpc) is 2.96. The molecule has 2 N–H and O–H groups in total. The maximum atomic E-state index is 13.7. The molecule has 0 atom stereocenters. The summed E-state index contributed by atoms with van der Waals surface area (Å²) in [6.45, 7) is 7.70. The van der Waals surface area contributed by atoms with Gasteiger partial charge in [0.2, 0.25) is 5.91 Å². The van der Waals surface area contributed by atoms with Crippen LogP contribution in [0.3, 0.4) is 0 Å². The smallest absolute Gasteiger partial charge is 0.264 e. The van der Waals surface area contributed by atoms with E-state index in [0.29, 0.717) is 22.7 Å². The van der Waals surface area contributed by atoms with Crippen LogP contribution in [-0.2, 0) is 20.2 Å². The maximum Gasteiger partial charge on any atom is 0.264 e. The van der Waals surface area contributed by atoms with Crippen molar-refractivity contribution in [2.45, 2.75) is 38.0 Å². The summed E-state index contributed by atoms with van der Waals surface area (Å²) in [5.74, 6) is -0.393. The van der Waals surface area contributed by atoms with Crippen LogP contribution in [0.2, 0.25) is 0 Å². The predicted molar refractivity (Wildman–Crippen MR) is 167 cm³/mol. The van der Waals surface area contributed by atoms with Crippen molar-refractivity contribution in [3.05, 3.63) is 114 Å². The number of benzene rings is 4. The van der Waals surface area contributed by atoms with Crippen molar-refractivity contribution >= 4 is 38.9 Å². The molecule has 0 unspecified atom stereocenters. The van der Waals surface area contributed by atoms with Crippen LogP contribution in [0.4, 0.5) is 17.1 Å². The van der Waals surface area contributed by atoms with Gasteiger partial charge in [-0.1, -0.05) is 62.7 Å². The molecule has 218 valence electrons. The van der Waals surface area contributed by atoms with E-state index < -0.39 is 22.5 Å². The molecule has 0 radical (unpaired) electrons. The largest absolute Gasteiger partial charge is 0.497 e. The number of carbonyl (C=O) groups is 2. The van der Waals surface area contributed by atoms with E-state index in [1.807, 2.05) is 19.1 Å². The summed E-state index contributed by atoms with van der Waals surface area (Å²) in [7, 11) is -2.61. The lowest BCUT2D eigenvalue weighted by molar-refractivity contribution is -0.114. The van der Waals surface area contributed by atoms with E-state index in [0.717, 1.165) is 15.4 Å². The van der Waals surface area contributed by atoms with Gasteiger partial charge in [-0.3, -0.25) is 13.9 Å². The number of nitrogens with zero attached hydrogens (tertiary/aromatic N) is 1. The van der Waals surface area contributed by atoms with Crippen molar-refractivity contribution in [1.29, 1.82) is 0 Å². The number of sulfonamides is 1. The van der Waals surface area contributed by atoms with Gasteiger partial charge >= 0.3 is 0 Å². The zero-order valence-electron chi connectivity index (χ0n) is 24.3. The van der Waals surface area contributed by atoms with Gasteiger partial charge in [0.1, 0.15) is 12.3 Å². The van der Waals surface area contributed by atoms with Crippen LogP contribution in [0, 0.1) is 6.92 Å². The lowest BCUT2D eigenvalue weighted by atomic mass is 9.87.